The Morgan fingerprint density at radius 3 is 2.56 bits per heavy atom. The molecule has 1 aliphatic carbocycles. The molecule has 0 aliphatic heterocycles. The maximum absolute atomic E-state index is 14.0. The highest BCUT2D eigenvalue weighted by atomic mass is 19.1. The second-order valence-corrected chi connectivity index (χ2v) is 4.33. The number of hydrogen-bond acceptors (Lipinski definition) is 2. The lowest BCUT2D eigenvalue weighted by Crippen LogP contribution is -2.44. The van der Waals surface area contributed by atoms with Crippen LogP contribution in [-0.2, 0) is 16.9 Å². The lowest BCUT2D eigenvalue weighted by Gasteiger charge is -2.39. The Morgan fingerprint density at radius 1 is 1.38 bits per heavy atom. The first-order chi connectivity index (χ1) is 7.58. The molecular formula is C12H15F2NO. The molecule has 1 fully saturated rings. The molecule has 0 heterocycles. The number of nitrogens with two attached hydrogens (primary N) is 1. The Morgan fingerprint density at radius 2 is 2.06 bits per heavy atom. The van der Waals surface area contributed by atoms with Crippen LogP contribution in [0, 0.1) is 11.6 Å². The Labute approximate surface area is 93.4 Å². The van der Waals surface area contributed by atoms with Gasteiger partial charge in [0.1, 0.15) is 11.6 Å². The van der Waals surface area contributed by atoms with Crippen LogP contribution in [0.15, 0.2) is 12.1 Å². The van der Waals surface area contributed by atoms with Crippen molar-refractivity contribution >= 4 is 0 Å². The van der Waals surface area contributed by atoms with Crippen LogP contribution in [0.5, 0.6) is 0 Å². The van der Waals surface area contributed by atoms with E-state index in [0.717, 1.165) is 19.3 Å². The van der Waals surface area contributed by atoms with Crippen LogP contribution < -0.4 is 5.73 Å². The number of hydrogen-bond donors (Lipinski definition) is 1. The average molecular weight is 227 g/mol. The van der Waals surface area contributed by atoms with E-state index >= 15 is 0 Å². The third-order valence-corrected chi connectivity index (χ3v) is 3.26. The molecule has 0 atom stereocenters. The van der Waals surface area contributed by atoms with Crippen molar-refractivity contribution in [2.24, 2.45) is 5.73 Å². The topological polar surface area (TPSA) is 35.2 Å². The Hall–Kier alpha value is -1.00. The second kappa shape index (κ2) is 4.11. The van der Waals surface area contributed by atoms with E-state index in [4.69, 9.17) is 10.5 Å². The minimum Gasteiger partial charge on any atom is -0.380 e. The van der Waals surface area contributed by atoms with Gasteiger partial charge in [0.2, 0.25) is 0 Å². The summed E-state index contributed by atoms with van der Waals surface area (Å²) < 4.78 is 32.2. The van der Waals surface area contributed by atoms with E-state index < -0.39 is 17.2 Å². The van der Waals surface area contributed by atoms with Gasteiger partial charge in [0.05, 0.1) is 6.61 Å². The molecule has 0 radical (unpaired) electrons. The van der Waals surface area contributed by atoms with E-state index in [1.54, 1.807) is 0 Å². The Balaban J connectivity index is 2.43. The minimum atomic E-state index is -0.611. The third-order valence-electron chi connectivity index (χ3n) is 3.26. The van der Waals surface area contributed by atoms with Crippen molar-refractivity contribution in [1.29, 1.82) is 0 Å². The van der Waals surface area contributed by atoms with Gasteiger partial charge in [0.25, 0.3) is 0 Å². The fraction of sp³-hybridized carbons (Fsp3) is 0.500. The highest BCUT2D eigenvalue weighted by Crippen LogP contribution is 2.40. The molecule has 88 valence electrons. The first-order valence-electron chi connectivity index (χ1n) is 5.33. The summed E-state index contributed by atoms with van der Waals surface area (Å²) in [5, 5.41) is 0. The standard InChI is InChI=1S/C12H15F2NO/c1-16-7-8-10(13)4-3-9(11(8)14)12(15)5-2-6-12/h3-4H,2,5-7,15H2,1H3. The molecule has 2 rings (SSSR count). The number of methoxy groups -OCH3 is 1. The van der Waals surface area contributed by atoms with E-state index in [1.165, 1.54) is 19.2 Å². The number of ether oxygens (including phenoxy) is 1. The molecular weight excluding hydrogens is 212 g/mol. The molecule has 0 aromatic heterocycles. The summed E-state index contributed by atoms with van der Waals surface area (Å²) in [4.78, 5) is 0. The van der Waals surface area contributed by atoms with Crippen molar-refractivity contribution < 1.29 is 13.5 Å². The summed E-state index contributed by atoms with van der Waals surface area (Å²) in [6, 6.07) is 2.71. The fourth-order valence-electron chi connectivity index (χ4n) is 2.09. The minimum absolute atomic E-state index is 0.0308. The second-order valence-electron chi connectivity index (χ2n) is 4.33. The molecule has 2 nitrogen and oxygen atoms in total. The molecule has 0 spiro atoms. The van der Waals surface area contributed by atoms with E-state index in [-0.39, 0.29) is 12.2 Å². The van der Waals surface area contributed by atoms with Gasteiger partial charge in [-0.25, -0.2) is 8.78 Å². The van der Waals surface area contributed by atoms with Gasteiger partial charge in [-0.15, -0.1) is 0 Å². The van der Waals surface area contributed by atoms with Gasteiger partial charge in [-0.1, -0.05) is 6.07 Å². The third kappa shape index (κ3) is 1.72. The summed E-state index contributed by atoms with van der Waals surface area (Å²) >= 11 is 0. The van der Waals surface area contributed by atoms with Gasteiger partial charge in [0.15, 0.2) is 0 Å². The van der Waals surface area contributed by atoms with Gasteiger partial charge in [-0.2, -0.15) is 0 Å². The average Bonchev–Trinajstić information content (AvgIpc) is 2.21. The van der Waals surface area contributed by atoms with E-state index in [2.05, 4.69) is 0 Å². The lowest BCUT2D eigenvalue weighted by atomic mass is 9.72. The smallest absolute Gasteiger partial charge is 0.136 e. The number of benzene rings is 1. The largest absolute Gasteiger partial charge is 0.380 e. The highest BCUT2D eigenvalue weighted by molar-refractivity contribution is 5.33. The number of halogens is 2. The molecule has 16 heavy (non-hydrogen) atoms. The molecule has 0 saturated heterocycles. The normalized spacial score (nSPS) is 18.2. The molecule has 1 aliphatic rings. The number of rotatable bonds is 3. The monoisotopic (exact) mass is 227 g/mol. The van der Waals surface area contributed by atoms with Gasteiger partial charge >= 0.3 is 0 Å². The van der Waals surface area contributed by atoms with Crippen molar-refractivity contribution in [3.8, 4) is 0 Å². The summed E-state index contributed by atoms with van der Waals surface area (Å²) in [5.74, 6) is -1.13. The maximum atomic E-state index is 14.0. The quantitative estimate of drug-likeness (QED) is 0.860. The van der Waals surface area contributed by atoms with Gasteiger partial charge < -0.3 is 10.5 Å². The van der Waals surface area contributed by atoms with Crippen LogP contribution in [0.2, 0.25) is 0 Å². The van der Waals surface area contributed by atoms with Crippen molar-refractivity contribution in [1.82, 2.24) is 0 Å². The van der Waals surface area contributed by atoms with Gasteiger partial charge in [0, 0.05) is 23.8 Å². The summed E-state index contributed by atoms with van der Waals surface area (Å²) in [6.45, 7) is -0.0679. The zero-order chi connectivity index (χ0) is 11.8. The van der Waals surface area contributed by atoms with Crippen LogP contribution in [-0.4, -0.2) is 7.11 Å². The molecule has 0 unspecified atom stereocenters. The molecule has 1 aromatic carbocycles. The molecule has 0 bridgehead atoms. The van der Waals surface area contributed by atoms with E-state index in [9.17, 15) is 8.78 Å². The van der Waals surface area contributed by atoms with Crippen LogP contribution in [0.1, 0.15) is 30.4 Å². The van der Waals surface area contributed by atoms with E-state index in [1.807, 2.05) is 0 Å². The Bertz CT molecular complexity index is 402. The predicted molar refractivity (Wildman–Crippen MR) is 56.8 cm³/mol. The zero-order valence-corrected chi connectivity index (χ0v) is 9.22. The summed E-state index contributed by atoms with van der Waals surface area (Å²) in [6.07, 6.45) is 2.50. The van der Waals surface area contributed by atoms with Crippen molar-refractivity contribution in [2.75, 3.05) is 7.11 Å². The molecule has 1 aromatic rings. The first-order valence-corrected chi connectivity index (χ1v) is 5.33. The fourth-order valence-corrected chi connectivity index (χ4v) is 2.09. The zero-order valence-electron chi connectivity index (χ0n) is 9.22. The van der Waals surface area contributed by atoms with Crippen LogP contribution >= 0.6 is 0 Å². The summed E-state index contributed by atoms with van der Waals surface area (Å²) in [5.41, 5.74) is 5.80. The maximum Gasteiger partial charge on any atom is 0.136 e. The van der Waals surface area contributed by atoms with Crippen molar-refractivity contribution in [2.45, 2.75) is 31.4 Å². The molecule has 4 heteroatoms. The summed E-state index contributed by atoms with van der Waals surface area (Å²) in [7, 11) is 1.41. The highest BCUT2D eigenvalue weighted by Gasteiger charge is 2.37. The van der Waals surface area contributed by atoms with Crippen molar-refractivity contribution in [3.63, 3.8) is 0 Å². The van der Waals surface area contributed by atoms with Gasteiger partial charge in [-0.3, -0.25) is 0 Å². The van der Waals surface area contributed by atoms with Crippen molar-refractivity contribution in [3.05, 3.63) is 34.9 Å². The van der Waals surface area contributed by atoms with Gasteiger partial charge in [-0.05, 0) is 25.3 Å². The van der Waals surface area contributed by atoms with E-state index in [0.29, 0.717) is 5.56 Å². The first kappa shape index (κ1) is 11.5. The predicted octanol–water partition coefficient (Wildman–Crippen LogP) is 2.45. The Kier molecular flexibility index (Phi) is 2.95. The molecule has 1 saturated carbocycles. The van der Waals surface area contributed by atoms with Crippen LogP contribution in [0.3, 0.4) is 0 Å². The van der Waals surface area contributed by atoms with Crippen LogP contribution in [0.25, 0.3) is 0 Å². The molecule has 2 N–H and O–H groups in total. The van der Waals surface area contributed by atoms with Crippen LogP contribution in [0.4, 0.5) is 8.78 Å². The lowest BCUT2D eigenvalue weighted by molar-refractivity contribution is 0.175. The SMILES string of the molecule is COCc1c(F)ccc(C2(N)CCC2)c1F. The molecule has 0 amide bonds.